The number of ether oxygens (including phenoxy) is 2. The third-order valence-corrected chi connectivity index (χ3v) is 8.69. The van der Waals surface area contributed by atoms with Gasteiger partial charge in [-0.3, -0.25) is 14.6 Å². The largest absolute Gasteiger partial charge is 0.494 e. The number of fused-ring (bicyclic) bond motifs is 1. The molecule has 8 heteroatoms. The zero-order valence-corrected chi connectivity index (χ0v) is 23.3. The maximum Gasteiger partial charge on any atom is 0.262 e. The van der Waals surface area contributed by atoms with E-state index >= 15 is 0 Å². The number of rotatable bonds is 10. The van der Waals surface area contributed by atoms with Crippen molar-refractivity contribution in [3.8, 4) is 11.5 Å². The first-order valence-corrected chi connectivity index (χ1v) is 14.9. The molecule has 204 valence electrons. The van der Waals surface area contributed by atoms with Gasteiger partial charge in [0.1, 0.15) is 18.1 Å². The SMILES string of the molecule is COc1c(CC2CCN(CCOc3cccc4nc(C)ccc34)CC2)cccc1NS(=O)(=O)c1ccccc1. The molecule has 0 unspecified atom stereocenters. The van der Waals surface area contributed by atoms with E-state index in [0.29, 0.717) is 24.0 Å². The lowest BCUT2D eigenvalue weighted by molar-refractivity contribution is 0.155. The first-order valence-electron chi connectivity index (χ1n) is 13.4. The number of hydrogen-bond acceptors (Lipinski definition) is 6. The first-order chi connectivity index (χ1) is 18.9. The molecular weight excluding hydrogens is 510 g/mol. The van der Waals surface area contributed by atoms with Crippen LogP contribution in [-0.4, -0.2) is 51.7 Å². The fourth-order valence-electron chi connectivity index (χ4n) is 5.23. The topological polar surface area (TPSA) is 80.8 Å². The van der Waals surface area contributed by atoms with E-state index in [1.54, 1.807) is 43.5 Å². The lowest BCUT2D eigenvalue weighted by atomic mass is 9.89. The predicted molar refractivity (Wildman–Crippen MR) is 155 cm³/mol. The predicted octanol–water partition coefficient (Wildman–Crippen LogP) is 5.69. The number of likely N-dealkylation sites (tertiary alicyclic amines) is 1. The molecule has 0 spiro atoms. The van der Waals surface area contributed by atoms with Gasteiger partial charge in [0.2, 0.25) is 0 Å². The molecule has 39 heavy (non-hydrogen) atoms. The number of aryl methyl sites for hydroxylation is 1. The Hall–Kier alpha value is -3.62. The number of methoxy groups -OCH3 is 1. The average Bonchev–Trinajstić information content (AvgIpc) is 2.94. The van der Waals surface area contributed by atoms with Crippen LogP contribution in [0.5, 0.6) is 11.5 Å². The van der Waals surface area contributed by atoms with Crippen molar-refractivity contribution in [1.82, 2.24) is 9.88 Å². The van der Waals surface area contributed by atoms with Gasteiger partial charge in [-0.05, 0) is 93.2 Å². The molecule has 1 saturated heterocycles. The smallest absolute Gasteiger partial charge is 0.262 e. The number of para-hydroxylation sites is 1. The summed E-state index contributed by atoms with van der Waals surface area (Å²) >= 11 is 0. The monoisotopic (exact) mass is 545 g/mol. The van der Waals surface area contributed by atoms with Crippen molar-refractivity contribution in [1.29, 1.82) is 0 Å². The van der Waals surface area contributed by atoms with E-state index in [9.17, 15) is 8.42 Å². The van der Waals surface area contributed by atoms with Crippen molar-refractivity contribution in [3.63, 3.8) is 0 Å². The Morgan fingerprint density at radius 3 is 2.49 bits per heavy atom. The van der Waals surface area contributed by atoms with E-state index in [-0.39, 0.29) is 4.90 Å². The Morgan fingerprint density at radius 2 is 1.72 bits per heavy atom. The molecular formula is C31H35N3O4S. The first kappa shape index (κ1) is 27.0. The van der Waals surface area contributed by atoms with Gasteiger partial charge in [0.15, 0.2) is 0 Å². The van der Waals surface area contributed by atoms with Crippen LogP contribution in [0.25, 0.3) is 10.9 Å². The molecule has 1 fully saturated rings. The third kappa shape index (κ3) is 6.52. The number of sulfonamides is 1. The number of aromatic nitrogens is 1. The van der Waals surface area contributed by atoms with Crippen molar-refractivity contribution in [2.24, 2.45) is 5.92 Å². The fraction of sp³-hybridized carbons (Fsp3) is 0.323. The van der Waals surface area contributed by atoms with Gasteiger partial charge in [-0.15, -0.1) is 0 Å². The third-order valence-electron chi connectivity index (χ3n) is 7.31. The fourth-order valence-corrected chi connectivity index (χ4v) is 6.32. The molecule has 7 nitrogen and oxygen atoms in total. The molecule has 0 radical (unpaired) electrons. The second kappa shape index (κ2) is 12.1. The van der Waals surface area contributed by atoms with E-state index < -0.39 is 10.0 Å². The van der Waals surface area contributed by atoms with Gasteiger partial charge >= 0.3 is 0 Å². The van der Waals surface area contributed by atoms with Crippen LogP contribution in [0.2, 0.25) is 0 Å². The lowest BCUT2D eigenvalue weighted by Gasteiger charge is -2.32. The van der Waals surface area contributed by atoms with Crippen LogP contribution in [0, 0.1) is 12.8 Å². The summed E-state index contributed by atoms with van der Waals surface area (Å²) in [5, 5.41) is 1.05. The number of nitrogens with zero attached hydrogens (tertiary/aromatic N) is 2. The number of benzene rings is 3. The molecule has 0 saturated carbocycles. The molecule has 1 aliphatic rings. The Labute approximate surface area is 230 Å². The van der Waals surface area contributed by atoms with Crippen LogP contribution in [0.4, 0.5) is 5.69 Å². The number of nitrogens with one attached hydrogen (secondary N) is 1. The summed E-state index contributed by atoms with van der Waals surface area (Å²) in [6.45, 7) is 5.52. The minimum absolute atomic E-state index is 0.223. The van der Waals surface area contributed by atoms with E-state index in [4.69, 9.17) is 9.47 Å². The highest BCUT2D eigenvalue weighted by atomic mass is 32.2. The summed E-state index contributed by atoms with van der Waals surface area (Å²) in [6.07, 6.45) is 2.98. The van der Waals surface area contributed by atoms with Gasteiger partial charge in [0.05, 0.1) is 23.2 Å². The van der Waals surface area contributed by atoms with Crippen molar-refractivity contribution >= 4 is 26.6 Å². The zero-order chi connectivity index (χ0) is 27.2. The van der Waals surface area contributed by atoms with Crippen LogP contribution in [0.15, 0.2) is 83.8 Å². The van der Waals surface area contributed by atoms with Crippen LogP contribution in [0.3, 0.4) is 0 Å². The molecule has 1 aromatic heterocycles. The number of pyridine rings is 1. The van der Waals surface area contributed by atoms with Gasteiger partial charge < -0.3 is 9.47 Å². The van der Waals surface area contributed by atoms with Gasteiger partial charge in [0.25, 0.3) is 10.0 Å². The Bertz CT molecular complexity index is 1520. The van der Waals surface area contributed by atoms with Crippen molar-refractivity contribution in [3.05, 3.63) is 90.1 Å². The second-order valence-electron chi connectivity index (χ2n) is 10.0. The number of piperidine rings is 1. The Kier molecular flexibility index (Phi) is 8.33. The maximum absolute atomic E-state index is 12.9. The van der Waals surface area contributed by atoms with Crippen molar-refractivity contribution < 1.29 is 17.9 Å². The molecule has 0 bridgehead atoms. The summed E-state index contributed by atoms with van der Waals surface area (Å²) in [7, 11) is -2.11. The molecule has 4 aromatic rings. The zero-order valence-electron chi connectivity index (χ0n) is 22.5. The number of hydrogen-bond donors (Lipinski definition) is 1. The van der Waals surface area contributed by atoms with Gasteiger partial charge in [0, 0.05) is 17.6 Å². The maximum atomic E-state index is 12.9. The van der Waals surface area contributed by atoms with Crippen LogP contribution in [0.1, 0.15) is 24.1 Å². The summed E-state index contributed by atoms with van der Waals surface area (Å²) in [5.41, 5.74) is 3.45. The van der Waals surface area contributed by atoms with E-state index in [1.807, 2.05) is 43.3 Å². The molecule has 0 atom stereocenters. The quantitative estimate of drug-likeness (QED) is 0.276. The molecule has 5 rings (SSSR count). The highest BCUT2D eigenvalue weighted by Crippen LogP contribution is 2.34. The molecule has 3 aromatic carbocycles. The molecule has 1 aliphatic heterocycles. The van der Waals surface area contributed by atoms with Gasteiger partial charge in [-0.1, -0.05) is 36.4 Å². The van der Waals surface area contributed by atoms with Crippen LogP contribution in [-0.2, 0) is 16.4 Å². The molecule has 2 heterocycles. The van der Waals surface area contributed by atoms with Crippen molar-refractivity contribution in [2.75, 3.05) is 38.1 Å². The van der Waals surface area contributed by atoms with Gasteiger partial charge in [-0.2, -0.15) is 0 Å². The van der Waals surface area contributed by atoms with Crippen molar-refractivity contribution in [2.45, 2.75) is 31.1 Å². The lowest BCUT2D eigenvalue weighted by Crippen LogP contribution is -2.37. The molecule has 1 N–H and O–H groups in total. The Balaban J connectivity index is 1.15. The highest BCUT2D eigenvalue weighted by molar-refractivity contribution is 7.92. The normalized spacial score (nSPS) is 14.8. The Morgan fingerprint density at radius 1 is 0.949 bits per heavy atom. The number of anilines is 1. The molecule has 0 amide bonds. The van der Waals surface area contributed by atoms with Crippen LogP contribution >= 0.6 is 0 Å². The molecule has 0 aliphatic carbocycles. The van der Waals surface area contributed by atoms with Crippen LogP contribution < -0.4 is 14.2 Å². The standard InChI is InChI=1S/C31H35N3O4S/c1-23-14-15-27-28(32-23)11-7-13-30(27)38-21-20-34-18-16-24(17-19-34)22-25-8-6-12-29(31(25)37-2)33-39(35,36)26-9-4-3-5-10-26/h3-15,24,33H,16-22H2,1-2H3. The summed E-state index contributed by atoms with van der Waals surface area (Å²) < 4.78 is 40.3. The summed E-state index contributed by atoms with van der Waals surface area (Å²) in [6, 6.07) is 24.1. The minimum Gasteiger partial charge on any atom is -0.494 e. The second-order valence-corrected chi connectivity index (χ2v) is 11.7. The van der Waals surface area contributed by atoms with E-state index in [1.165, 1.54) is 0 Å². The minimum atomic E-state index is -3.70. The highest BCUT2D eigenvalue weighted by Gasteiger charge is 2.23. The summed E-state index contributed by atoms with van der Waals surface area (Å²) in [5.74, 6) is 1.97. The van der Waals surface area contributed by atoms with Gasteiger partial charge in [-0.25, -0.2) is 8.42 Å². The van der Waals surface area contributed by atoms with E-state index in [0.717, 1.165) is 66.8 Å². The average molecular weight is 546 g/mol. The summed E-state index contributed by atoms with van der Waals surface area (Å²) in [4.78, 5) is 7.27. The van der Waals surface area contributed by atoms with E-state index in [2.05, 4.69) is 20.7 Å².